The lowest BCUT2D eigenvalue weighted by Gasteiger charge is -2.29. The maximum Gasteiger partial charge on any atom is 0.241 e. The van der Waals surface area contributed by atoms with Crippen LogP contribution in [0.4, 0.5) is 0 Å². The molecule has 0 spiro atoms. The summed E-state index contributed by atoms with van der Waals surface area (Å²) in [6, 6.07) is 2.07. The third-order valence-electron chi connectivity index (χ3n) is 2.92. The van der Waals surface area contributed by atoms with Gasteiger partial charge in [0.2, 0.25) is 5.91 Å². The van der Waals surface area contributed by atoms with Crippen molar-refractivity contribution in [3.63, 3.8) is 0 Å². The van der Waals surface area contributed by atoms with Gasteiger partial charge in [-0.25, -0.2) is 0 Å². The van der Waals surface area contributed by atoms with Gasteiger partial charge in [0.1, 0.15) is 6.04 Å². The van der Waals surface area contributed by atoms with Gasteiger partial charge in [-0.2, -0.15) is 5.26 Å². The SMILES string of the molecule is CC(C)N1CCCN(C)C(CC#N)C1=O. The van der Waals surface area contributed by atoms with Crippen molar-refractivity contribution in [2.75, 3.05) is 20.1 Å². The van der Waals surface area contributed by atoms with Gasteiger partial charge in [-0.3, -0.25) is 9.69 Å². The molecule has 0 saturated carbocycles. The second-order valence-corrected chi connectivity index (χ2v) is 4.34. The predicted octanol–water partition coefficient (Wildman–Crippen LogP) is 0.841. The lowest BCUT2D eigenvalue weighted by Crippen LogP contribution is -2.46. The molecule has 1 amide bonds. The Balaban J connectivity index is 2.82. The molecule has 0 aliphatic carbocycles. The van der Waals surface area contributed by atoms with Crippen LogP contribution in [0.15, 0.2) is 0 Å². The number of amides is 1. The van der Waals surface area contributed by atoms with E-state index in [0.717, 1.165) is 19.5 Å². The van der Waals surface area contributed by atoms with Crippen LogP contribution in [0.3, 0.4) is 0 Å². The second-order valence-electron chi connectivity index (χ2n) is 4.34. The fourth-order valence-corrected chi connectivity index (χ4v) is 1.98. The summed E-state index contributed by atoms with van der Waals surface area (Å²) in [4.78, 5) is 16.0. The molecular weight excluding hydrogens is 190 g/mol. The van der Waals surface area contributed by atoms with Gasteiger partial charge in [0.25, 0.3) is 0 Å². The molecule has 0 radical (unpaired) electrons. The fourth-order valence-electron chi connectivity index (χ4n) is 1.98. The number of rotatable bonds is 2. The highest BCUT2D eigenvalue weighted by molar-refractivity contribution is 5.82. The molecule has 1 aliphatic heterocycles. The van der Waals surface area contributed by atoms with Gasteiger partial charge in [0.05, 0.1) is 12.5 Å². The maximum atomic E-state index is 12.1. The number of likely N-dealkylation sites (N-methyl/N-ethyl adjacent to an activating group) is 1. The van der Waals surface area contributed by atoms with Crippen LogP contribution in [0.2, 0.25) is 0 Å². The number of nitrogens with zero attached hydrogens (tertiary/aromatic N) is 3. The zero-order chi connectivity index (χ0) is 11.4. The molecule has 4 heteroatoms. The van der Waals surface area contributed by atoms with Crippen LogP contribution in [0.5, 0.6) is 0 Å². The van der Waals surface area contributed by atoms with Crippen molar-refractivity contribution in [1.82, 2.24) is 9.80 Å². The van der Waals surface area contributed by atoms with Crippen LogP contribution in [-0.2, 0) is 4.79 Å². The molecule has 1 heterocycles. The average molecular weight is 209 g/mol. The zero-order valence-corrected chi connectivity index (χ0v) is 9.73. The Kier molecular flexibility index (Phi) is 4.10. The summed E-state index contributed by atoms with van der Waals surface area (Å²) in [6.45, 7) is 5.74. The summed E-state index contributed by atoms with van der Waals surface area (Å²) in [6.07, 6.45) is 1.28. The quantitative estimate of drug-likeness (QED) is 0.677. The van der Waals surface area contributed by atoms with E-state index in [0.29, 0.717) is 6.42 Å². The highest BCUT2D eigenvalue weighted by atomic mass is 16.2. The van der Waals surface area contributed by atoms with E-state index in [2.05, 4.69) is 6.07 Å². The van der Waals surface area contributed by atoms with Crippen molar-refractivity contribution < 1.29 is 4.79 Å². The minimum absolute atomic E-state index is 0.103. The molecule has 0 bridgehead atoms. The lowest BCUT2D eigenvalue weighted by atomic mass is 10.1. The summed E-state index contributed by atoms with van der Waals surface area (Å²) < 4.78 is 0. The summed E-state index contributed by atoms with van der Waals surface area (Å²) >= 11 is 0. The molecule has 84 valence electrons. The summed E-state index contributed by atoms with van der Waals surface area (Å²) in [5.74, 6) is 0.103. The highest BCUT2D eigenvalue weighted by Crippen LogP contribution is 2.14. The first-order valence-electron chi connectivity index (χ1n) is 5.45. The molecule has 0 aromatic carbocycles. The minimum atomic E-state index is -0.250. The van der Waals surface area contributed by atoms with Crippen LogP contribution in [0, 0.1) is 11.3 Å². The third kappa shape index (κ3) is 2.69. The Morgan fingerprint density at radius 1 is 1.53 bits per heavy atom. The van der Waals surface area contributed by atoms with Gasteiger partial charge in [-0.15, -0.1) is 0 Å². The number of nitriles is 1. The van der Waals surface area contributed by atoms with E-state index in [1.807, 2.05) is 30.7 Å². The average Bonchev–Trinajstić information content (AvgIpc) is 2.30. The molecule has 0 aromatic heterocycles. The molecule has 15 heavy (non-hydrogen) atoms. The molecule has 1 fully saturated rings. The number of carbonyl (C=O) groups excluding carboxylic acids is 1. The Morgan fingerprint density at radius 3 is 2.73 bits per heavy atom. The van der Waals surface area contributed by atoms with Crippen molar-refractivity contribution in [2.45, 2.75) is 38.8 Å². The van der Waals surface area contributed by atoms with Gasteiger partial charge in [0, 0.05) is 19.1 Å². The fraction of sp³-hybridized carbons (Fsp3) is 0.818. The largest absolute Gasteiger partial charge is 0.339 e. The van der Waals surface area contributed by atoms with Crippen LogP contribution in [-0.4, -0.2) is 47.9 Å². The first-order chi connectivity index (χ1) is 7.07. The predicted molar refractivity (Wildman–Crippen MR) is 58.1 cm³/mol. The second kappa shape index (κ2) is 5.13. The van der Waals surface area contributed by atoms with E-state index >= 15 is 0 Å². The van der Waals surface area contributed by atoms with Gasteiger partial charge < -0.3 is 4.90 Å². The highest BCUT2D eigenvalue weighted by Gasteiger charge is 2.31. The molecule has 1 atom stereocenters. The Labute approximate surface area is 91.5 Å². The molecule has 1 rings (SSSR count). The first kappa shape index (κ1) is 12.0. The van der Waals surface area contributed by atoms with Crippen molar-refractivity contribution in [1.29, 1.82) is 5.26 Å². The number of hydrogen-bond acceptors (Lipinski definition) is 3. The van der Waals surface area contributed by atoms with Gasteiger partial charge in [0.15, 0.2) is 0 Å². The van der Waals surface area contributed by atoms with E-state index in [1.54, 1.807) is 0 Å². The molecule has 1 aliphatic rings. The summed E-state index contributed by atoms with van der Waals surface area (Å²) in [7, 11) is 1.92. The normalized spacial score (nSPS) is 24.1. The third-order valence-corrected chi connectivity index (χ3v) is 2.92. The van der Waals surface area contributed by atoms with Gasteiger partial charge in [-0.05, 0) is 27.3 Å². The topological polar surface area (TPSA) is 47.3 Å². The van der Waals surface area contributed by atoms with Crippen molar-refractivity contribution in [3.8, 4) is 6.07 Å². The summed E-state index contributed by atoms with van der Waals surface area (Å²) in [5.41, 5.74) is 0. The number of hydrogen-bond donors (Lipinski definition) is 0. The van der Waals surface area contributed by atoms with E-state index in [4.69, 9.17) is 5.26 Å². The number of carbonyl (C=O) groups is 1. The van der Waals surface area contributed by atoms with E-state index in [9.17, 15) is 4.79 Å². The molecular formula is C11H19N3O. The van der Waals surface area contributed by atoms with Gasteiger partial charge in [-0.1, -0.05) is 0 Å². The van der Waals surface area contributed by atoms with Crippen LogP contribution >= 0.6 is 0 Å². The van der Waals surface area contributed by atoms with E-state index in [1.165, 1.54) is 0 Å². The molecule has 1 saturated heterocycles. The van der Waals surface area contributed by atoms with Crippen molar-refractivity contribution in [2.24, 2.45) is 0 Å². The maximum absolute atomic E-state index is 12.1. The van der Waals surface area contributed by atoms with Crippen molar-refractivity contribution in [3.05, 3.63) is 0 Å². The Morgan fingerprint density at radius 2 is 2.20 bits per heavy atom. The lowest BCUT2D eigenvalue weighted by molar-refractivity contribution is -0.136. The minimum Gasteiger partial charge on any atom is -0.339 e. The van der Waals surface area contributed by atoms with Gasteiger partial charge >= 0.3 is 0 Å². The molecule has 0 N–H and O–H groups in total. The summed E-state index contributed by atoms with van der Waals surface area (Å²) in [5, 5.41) is 8.72. The molecule has 4 nitrogen and oxygen atoms in total. The Hall–Kier alpha value is -1.08. The Bertz CT molecular complexity index is 269. The molecule has 0 aromatic rings. The van der Waals surface area contributed by atoms with Crippen LogP contribution < -0.4 is 0 Å². The van der Waals surface area contributed by atoms with E-state index in [-0.39, 0.29) is 18.0 Å². The monoisotopic (exact) mass is 209 g/mol. The van der Waals surface area contributed by atoms with Crippen LogP contribution in [0.25, 0.3) is 0 Å². The van der Waals surface area contributed by atoms with Crippen molar-refractivity contribution >= 4 is 5.91 Å². The smallest absolute Gasteiger partial charge is 0.241 e. The first-order valence-corrected chi connectivity index (χ1v) is 5.45. The molecule has 1 unspecified atom stereocenters. The van der Waals surface area contributed by atoms with Crippen LogP contribution in [0.1, 0.15) is 26.7 Å². The standard InChI is InChI=1S/C11H19N3O/c1-9(2)14-8-4-7-13(3)10(5-6-12)11(14)15/h9-10H,4-5,7-8H2,1-3H3. The zero-order valence-electron chi connectivity index (χ0n) is 9.73. The van der Waals surface area contributed by atoms with E-state index < -0.39 is 0 Å².